The quantitative estimate of drug-likeness (QED) is 0.948. The zero-order valence-corrected chi connectivity index (χ0v) is 11.3. The standard InChI is InChI=1S/C11H12BrN3S/c1-7-11(16-6-15-7)10(13)4-9-3-2-8(12)5-14-9/h2-3,5-6,10H,4,13H2,1H3. The zero-order chi connectivity index (χ0) is 11.5. The molecule has 16 heavy (non-hydrogen) atoms. The Labute approximate surface area is 107 Å². The van der Waals surface area contributed by atoms with Crippen LogP contribution in [0.25, 0.3) is 0 Å². The molecule has 0 amide bonds. The molecule has 2 rings (SSSR count). The molecule has 0 aliphatic rings. The Morgan fingerprint density at radius 3 is 2.81 bits per heavy atom. The molecule has 5 heteroatoms. The van der Waals surface area contributed by atoms with Crippen LogP contribution in [0, 0.1) is 6.92 Å². The molecule has 84 valence electrons. The van der Waals surface area contributed by atoms with Gasteiger partial charge in [-0.3, -0.25) is 4.98 Å². The van der Waals surface area contributed by atoms with Gasteiger partial charge in [-0.15, -0.1) is 11.3 Å². The molecule has 0 bridgehead atoms. The third-order valence-corrected chi connectivity index (χ3v) is 3.87. The summed E-state index contributed by atoms with van der Waals surface area (Å²) in [4.78, 5) is 9.66. The second-order valence-electron chi connectivity index (χ2n) is 3.58. The van der Waals surface area contributed by atoms with Gasteiger partial charge in [0.05, 0.1) is 11.2 Å². The molecule has 2 heterocycles. The molecule has 0 aliphatic carbocycles. The fraction of sp³-hybridized carbons (Fsp3) is 0.273. The second kappa shape index (κ2) is 5.03. The Kier molecular flexibility index (Phi) is 3.68. The highest BCUT2D eigenvalue weighted by Crippen LogP contribution is 2.22. The van der Waals surface area contributed by atoms with E-state index in [0.717, 1.165) is 27.2 Å². The summed E-state index contributed by atoms with van der Waals surface area (Å²) < 4.78 is 0.985. The van der Waals surface area contributed by atoms with Crippen molar-refractivity contribution in [2.75, 3.05) is 0 Å². The van der Waals surface area contributed by atoms with Gasteiger partial charge >= 0.3 is 0 Å². The van der Waals surface area contributed by atoms with Crippen molar-refractivity contribution >= 4 is 27.3 Å². The van der Waals surface area contributed by atoms with E-state index in [9.17, 15) is 0 Å². The van der Waals surface area contributed by atoms with E-state index in [4.69, 9.17) is 5.73 Å². The summed E-state index contributed by atoms with van der Waals surface area (Å²) >= 11 is 4.97. The van der Waals surface area contributed by atoms with Gasteiger partial charge in [-0.2, -0.15) is 0 Å². The normalized spacial score (nSPS) is 12.7. The van der Waals surface area contributed by atoms with Gasteiger partial charge < -0.3 is 5.73 Å². The molecule has 0 saturated heterocycles. The van der Waals surface area contributed by atoms with E-state index >= 15 is 0 Å². The first-order chi connectivity index (χ1) is 7.66. The third kappa shape index (κ3) is 2.66. The molecule has 0 saturated carbocycles. The van der Waals surface area contributed by atoms with Crippen LogP contribution in [0.3, 0.4) is 0 Å². The largest absolute Gasteiger partial charge is 0.323 e. The summed E-state index contributed by atoms with van der Waals surface area (Å²) in [7, 11) is 0. The topological polar surface area (TPSA) is 51.8 Å². The number of aromatic nitrogens is 2. The van der Waals surface area contributed by atoms with Crippen molar-refractivity contribution in [3.63, 3.8) is 0 Å². The lowest BCUT2D eigenvalue weighted by Gasteiger charge is -2.09. The highest BCUT2D eigenvalue weighted by Gasteiger charge is 2.12. The predicted octanol–water partition coefficient (Wildman–Crippen LogP) is 2.85. The number of hydrogen-bond donors (Lipinski definition) is 1. The van der Waals surface area contributed by atoms with Crippen LogP contribution in [0.5, 0.6) is 0 Å². The third-order valence-electron chi connectivity index (χ3n) is 2.34. The average Bonchev–Trinajstić information content (AvgIpc) is 2.68. The zero-order valence-electron chi connectivity index (χ0n) is 8.85. The van der Waals surface area contributed by atoms with Gasteiger partial charge in [-0.1, -0.05) is 0 Å². The first-order valence-corrected chi connectivity index (χ1v) is 6.60. The number of nitrogens with zero attached hydrogens (tertiary/aromatic N) is 2. The molecule has 2 aromatic heterocycles. The van der Waals surface area contributed by atoms with Crippen molar-refractivity contribution in [3.05, 3.63) is 44.6 Å². The van der Waals surface area contributed by atoms with Crippen LogP contribution < -0.4 is 5.73 Å². The van der Waals surface area contributed by atoms with Gasteiger partial charge in [0.25, 0.3) is 0 Å². The van der Waals surface area contributed by atoms with Crippen LogP contribution in [-0.2, 0) is 6.42 Å². The number of halogens is 1. The first-order valence-electron chi connectivity index (χ1n) is 4.93. The number of hydrogen-bond acceptors (Lipinski definition) is 4. The van der Waals surface area contributed by atoms with Crippen LogP contribution >= 0.6 is 27.3 Å². The minimum Gasteiger partial charge on any atom is -0.323 e. The highest BCUT2D eigenvalue weighted by atomic mass is 79.9. The maximum absolute atomic E-state index is 6.13. The summed E-state index contributed by atoms with van der Waals surface area (Å²) in [5, 5.41) is 0. The number of thiazole rings is 1. The lowest BCUT2D eigenvalue weighted by Crippen LogP contribution is -2.13. The van der Waals surface area contributed by atoms with Crippen molar-refractivity contribution in [1.82, 2.24) is 9.97 Å². The van der Waals surface area contributed by atoms with Crippen molar-refractivity contribution in [2.45, 2.75) is 19.4 Å². The average molecular weight is 298 g/mol. The van der Waals surface area contributed by atoms with E-state index in [-0.39, 0.29) is 6.04 Å². The lowest BCUT2D eigenvalue weighted by molar-refractivity contribution is 0.713. The minimum absolute atomic E-state index is 0.0128. The fourth-order valence-electron chi connectivity index (χ4n) is 1.51. The minimum atomic E-state index is -0.0128. The maximum Gasteiger partial charge on any atom is 0.0798 e. The summed E-state index contributed by atoms with van der Waals surface area (Å²) in [5.41, 5.74) is 9.99. The van der Waals surface area contributed by atoms with Crippen LogP contribution in [0.1, 0.15) is 22.3 Å². The van der Waals surface area contributed by atoms with Gasteiger partial charge in [0.15, 0.2) is 0 Å². The molecule has 0 spiro atoms. The Bertz CT molecular complexity index is 466. The molecular formula is C11H12BrN3S. The molecule has 3 nitrogen and oxygen atoms in total. The van der Waals surface area contributed by atoms with Crippen LogP contribution in [-0.4, -0.2) is 9.97 Å². The Balaban J connectivity index is 2.10. The summed E-state index contributed by atoms with van der Waals surface area (Å²) in [5.74, 6) is 0. The van der Waals surface area contributed by atoms with Gasteiger partial charge in [0, 0.05) is 33.7 Å². The molecule has 0 radical (unpaired) electrons. The summed E-state index contributed by atoms with van der Waals surface area (Å²) in [6, 6.07) is 3.95. The number of aryl methyl sites for hydroxylation is 1. The van der Waals surface area contributed by atoms with E-state index in [0.29, 0.717) is 0 Å². The van der Waals surface area contributed by atoms with E-state index in [2.05, 4.69) is 25.9 Å². The van der Waals surface area contributed by atoms with E-state index in [1.54, 1.807) is 17.5 Å². The van der Waals surface area contributed by atoms with Crippen molar-refractivity contribution in [2.24, 2.45) is 5.73 Å². The van der Waals surface area contributed by atoms with Crippen molar-refractivity contribution in [3.8, 4) is 0 Å². The number of rotatable bonds is 3. The molecule has 0 aromatic carbocycles. The van der Waals surface area contributed by atoms with Gasteiger partial charge in [0.2, 0.25) is 0 Å². The Morgan fingerprint density at radius 1 is 1.44 bits per heavy atom. The maximum atomic E-state index is 6.13. The van der Waals surface area contributed by atoms with Gasteiger partial charge in [-0.25, -0.2) is 4.98 Å². The number of nitrogens with two attached hydrogens (primary N) is 1. The summed E-state index contributed by atoms with van der Waals surface area (Å²) in [6.07, 6.45) is 2.54. The van der Waals surface area contributed by atoms with E-state index in [1.165, 1.54) is 0 Å². The molecule has 2 N–H and O–H groups in total. The first kappa shape index (κ1) is 11.7. The second-order valence-corrected chi connectivity index (χ2v) is 5.38. The van der Waals surface area contributed by atoms with E-state index in [1.807, 2.05) is 24.6 Å². The molecular weight excluding hydrogens is 286 g/mol. The fourth-order valence-corrected chi connectivity index (χ4v) is 2.55. The van der Waals surface area contributed by atoms with Gasteiger partial charge in [0.1, 0.15) is 0 Å². The highest BCUT2D eigenvalue weighted by molar-refractivity contribution is 9.10. The monoisotopic (exact) mass is 297 g/mol. The SMILES string of the molecule is Cc1ncsc1C(N)Cc1ccc(Br)cn1. The van der Waals surface area contributed by atoms with Gasteiger partial charge in [-0.05, 0) is 35.0 Å². The Hall–Kier alpha value is -0.780. The molecule has 2 aromatic rings. The van der Waals surface area contributed by atoms with E-state index < -0.39 is 0 Å². The molecule has 0 aliphatic heterocycles. The smallest absolute Gasteiger partial charge is 0.0798 e. The molecule has 0 fully saturated rings. The summed E-state index contributed by atoms with van der Waals surface area (Å²) in [6.45, 7) is 1.99. The lowest BCUT2D eigenvalue weighted by atomic mass is 10.1. The van der Waals surface area contributed by atoms with Crippen molar-refractivity contribution in [1.29, 1.82) is 0 Å². The van der Waals surface area contributed by atoms with Crippen LogP contribution in [0.15, 0.2) is 28.3 Å². The molecule has 1 atom stereocenters. The van der Waals surface area contributed by atoms with Crippen LogP contribution in [0.2, 0.25) is 0 Å². The number of pyridine rings is 1. The predicted molar refractivity (Wildman–Crippen MR) is 69.4 cm³/mol. The molecule has 1 unspecified atom stereocenters. The Morgan fingerprint density at radius 2 is 2.25 bits per heavy atom. The van der Waals surface area contributed by atoms with Crippen LogP contribution in [0.4, 0.5) is 0 Å². The van der Waals surface area contributed by atoms with Crippen molar-refractivity contribution < 1.29 is 0 Å².